The van der Waals surface area contributed by atoms with Gasteiger partial charge in [-0.15, -0.1) is 0 Å². The van der Waals surface area contributed by atoms with E-state index in [0.717, 1.165) is 11.1 Å². The van der Waals surface area contributed by atoms with Crippen LogP contribution >= 0.6 is 0 Å². The van der Waals surface area contributed by atoms with Crippen LogP contribution in [0.5, 0.6) is 17.2 Å². The van der Waals surface area contributed by atoms with Gasteiger partial charge in [-0.1, -0.05) is 20.8 Å². The summed E-state index contributed by atoms with van der Waals surface area (Å²) in [5.41, 5.74) is 2.30. The molecule has 166 valence electrons. The normalized spacial score (nSPS) is 13.7. The number of hydrogen-bond acceptors (Lipinski definition) is 5. The van der Waals surface area contributed by atoms with Crippen LogP contribution in [-0.4, -0.2) is 37.5 Å². The maximum absolute atomic E-state index is 12.7. The Hall–Kier alpha value is -3.22. The first kappa shape index (κ1) is 22.5. The van der Waals surface area contributed by atoms with Crippen LogP contribution < -0.4 is 19.5 Å². The van der Waals surface area contributed by atoms with Gasteiger partial charge in [0.2, 0.25) is 5.91 Å². The molecule has 0 fully saturated rings. The first-order valence-electron chi connectivity index (χ1n) is 10.2. The highest BCUT2D eigenvalue weighted by molar-refractivity contribution is 5.91. The summed E-state index contributed by atoms with van der Waals surface area (Å²) in [5, 5.41) is 2.94. The fourth-order valence-electron chi connectivity index (χ4n) is 3.47. The van der Waals surface area contributed by atoms with Gasteiger partial charge >= 0.3 is 0 Å². The Morgan fingerprint density at radius 3 is 2.58 bits per heavy atom. The molecule has 31 heavy (non-hydrogen) atoms. The van der Waals surface area contributed by atoms with Crippen molar-refractivity contribution in [3.8, 4) is 17.2 Å². The van der Waals surface area contributed by atoms with E-state index >= 15 is 0 Å². The molecule has 0 aliphatic carbocycles. The standard InChI is InChI=1S/C24H30N2O5/c1-24(2,3)12-22(27)25-18-7-9-20-17(10-18)14-26(23(28)15-31-20)13-16-6-8-19(29-4)11-21(16)30-5/h6-11H,12-15H2,1-5H3,(H,25,27). The van der Waals surface area contributed by atoms with Crippen molar-refractivity contribution in [2.45, 2.75) is 40.3 Å². The third-order valence-electron chi connectivity index (χ3n) is 4.96. The van der Waals surface area contributed by atoms with Crippen molar-refractivity contribution in [3.05, 3.63) is 47.5 Å². The number of methoxy groups -OCH3 is 2. The van der Waals surface area contributed by atoms with Gasteiger partial charge in [-0.05, 0) is 35.7 Å². The van der Waals surface area contributed by atoms with Crippen molar-refractivity contribution < 1.29 is 23.8 Å². The molecule has 1 aliphatic rings. The second-order valence-electron chi connectivity index (χ2n) is 8.82. The van der Waals surface area contributed by atoms with Gasteiger partial charge in [-0.3, -0.25) is 9.59 Å². The van der Waals surface area contributed by atoms with Crippen LogP contribution in [0.3, 0.4) is 0 Å². The average molecular weight is 427 g/mol. The predicted octanol–water partition coefficient (Wildman–Crippen LogP) is 4.00. The minimum atomic E-state index is -0.118. The van der Waals surface area contributed by atoms with Gasteiger partial charge in [0, 0.05) is 42.4 Å². The summed E-state index contributed by atoms with van der Waals surface area (Å²) < 4.78 is 16.4. The summed E-state index contributed by atoms with van der Waals surface area (Å²) in [4.78, 5) is 26.7. The largest absolute Gasteiger partial charge is 0.497 e. The van der Waals surface area contributed by atoms with E-state index in [1.54, 1.807) is 37.3 Å². The van der Waals surface area contributed by atoms with E-state index in [-0.39, 0.29) is 23.8 Å². The highest BCUT2D eigenvalue weighted by Crippen LogP contribution is 2.30. The SMILES string of the molecule is COc1ccc(CN2Cc3cc(NC(=O)CC(C)(C)C)ccc3OCC2=O)c(OC)c1. The minimum absolute atomic E-state index is 0.0405. The summed E-state index contributed by atoms with van der Waals surface area (Å²) in [6.07, 6.45) is 0.419. The number of nitrogens with zero attached hydrogens (tertiary/aromatic N) is 1. The molecular formula is C24H30N2O5. The molecule has 0 spiro atoms. The average Bonchev–Trinajstić information content (AvgIpc) is 2.85. The number of carbonyl (C=O) groups is 2. The van der Waals surface area contributed by atoms with Crippen molar-refractivity contribution in [2.75, 3.05) is 26.1 Å². The number of benzene rings is 2. The smallest absolute Gasteiger partial charge is 0.261 e. The molecule has 2 amide bonds. The van der Waals surface area contributed by atoms with E-state index in [1.807, 2.05) is 39.0 Å². The number of amides is 2. The highest BCUT2D eigenvalue weighted by atomic mass is 16.5. The quantitative estimate of drug-likeness (QED) is 0.756. The van der Waals surface area contributed by atoms with Crippen LogP contribution in [0.4, 0.5) is 5.69 Å². The molecule has 0 bridgehead atoms. The Labute approximate surface area is 183 Å². The lowest BCUT2D eigenvalue weighted by Crippen LogP contribution is -2.32. The van der Waals surface area contributed by atoms with Gasteiger partial charge in [0.1, 0.15) is 17.2 Å². The Morgan fingerprint density at radius 1 is 1.13 bits per heavy atom. The molecule has 0 saturated heterocycles. The zero-order valence-electron chi connectivity index (χ0n) is 18.8. The molecule has 1 aliphatic heterocycles. The second-order valence-corrected chi connectivity index (χ2v) is 8.82. The van der Waals surface area contributed by atoms with Crippen LogP contribution in [0.15, 0.2) is 36.4 Å². The molecule has 2 aromatic carbocycles. The zero-order chi connectivity index (χ0) is 22.6. The molecule has 0 unspecified atom stereocenters. The number of anilines is 1. The fraction of sp³-hybridized carbons (Fsp3) is 0.417. The van der Waals surface area contributed by atoms with Crippen molar-refractivity contribution in [1.82, 2.24) is 4.90 Å². The van der Waals surface area contributed by atoms with E-state index < -0.39 is 0 Å². The topological polar surface area (TPSA) is 77.1 Å². The number of rotatable bonds is 6. The second kappa shape index (κ2) is 9.29. The van der Waals surface area contributed by atoms with Gasteiger partial charge in [0.15, 0.2) is 6.61 Å². The molecule has 0 aromatic heterocycles. The van der Waals surface area contributed by atoms with E-state index in [4.69, 9.17) is 14.2 Å². The maximum Gasteiger partial charge on any atom is 0.261 e. The Balaban J connectivity index is 1.79. The summed E-state index contributed by atoms with van der Waals surface area (Å²) in [5.74, 6) is 1.82. The van der Waals surface area contributed by atoms with Gasteiger partial charge in [0.25, 0.3) is 5.91 Å². The van der Waals surface area contributed by atoms with E-state index in [9.17, 15) is 9.59 Å². The highest BCUT2D eigenvalue weighted by Gasteiger charge is 2.24. The van der Waals surface area contributed by atoms with Crippen molar-refractivity contribution in [3.63, 3.8) is 0 Å². The molecule has 7 nitrogen and oxygen atoms in total. The molecule has 0 radical (unpaired) electrons. The molecule has 1 N–H and O–H groups in total. The van der Waals surface area contributed by atoms with Crippen LogP contribution in [-0.2, 0) is 22.7 Å². The Bertz CT molecular complexity index is 965. The Kier molecular flexibility index (Phi) is 6.73. The summed E-state index contributed by atoms with van der Waals surface area (Å²) in [6, 6.07) is 11.0. The molecular weight excluding hydrogens is 396 g/mol. The van der Waals surface area contributed by atoms with Crippen LogP contribution in [0.25, 0.3) is 0 Å². The first-order chi connectivity index (χ1) is 14.7. The number of fused-ring (bicyclic) bond motifs is 1. The fourth-order valence-corrected chi connectivity index (χ4v) is 3.47. The first-order valence-corrected chi connectivity index (χ1v) is 10.2. The molecule has 1 heterocycles. The number of nitrogens with one attached hydrogen (secondary N) is 1. The minimum Gasteiger partial charge on any atom is -0.497 e. The summed E-state index contributed by atoms with van der Waals surface area (Å²) >= 11 is 0. The van der Waals surface area contributed by atoms with Crippen LogP contribution in [0.2, 0.25) is 0 Å². The van der Waals surface area contributed by atoms with E-state index in [2.05, 4.69) is 5.32 Å². The predicted molar refractivity (Wildman–Crippen MR) is 118 cm³/mol. The maximum atomic E-state index is 12.7. The molecule has 2 aromatic rings. The molecule has 3 rings (SSSR count). The van der Waals surface area contributed by atoms with Crippen LogP contribution in [0.1, 0.15) is 38.3 Å². The molecule has 0 saturated carbocycles. The molecule has 0 atom stereocenters. The Morgan fingerprint density at radius 2 is 1.90 bits per heavy atom. The number of ether oxygens (including phenoxy) is 3. The van der Waals surface area contributed by atoms with E-state index in [0.29, 0.717) is 42.4 Å². The monoisotopic (exact) mass is 426 g/mol. The third-order valence-corrected chi connectivity index (χ3v) is 4.96. The summed E-state index contributed by atoms with van der Waals surface area (Å²) in [6.45, 7) is 6.76. The third kappa shape index (κ3) is 5.90. The van der Waals surface area contributed by atoms with Gasteiger partial charge in [-0.25, -0.2) is 0 Å². The van der Waals surface area contributed by atoms with Crippen molar-refractivity contribution >= 4 is 17.5 Å². The number of hydrogen-bond donors (Lipinski definition) is 1. The van der Waals surface area contributed by atoms with Crippen molar-refractivity contribution in [2.24, 2.45) is 5.41 Å². The zero-order valence-corrected chi connectivity index (χ0v) is 18.8. The van der Waals surface area contributed by atoms with E-state index in [1.165, 1.54) is 0 Å². The lowest BCUT2D eigenvalue weighted by atomic mass is 9.92. The number of carbonyl (C=O) groups excluding carboxylic acids is 2. The molecule has 7 heteroatoms. The van der Waals surface area contributed by atoms with Crippen molar-refractivity contribution in [1.29, 1.82) is 0 Å². The van der Waals surface area contributed by atoms with Gasteiger partial charge < -0.3 is 24.4 Å². The van der Waals surface area contributed by atoms with Gasteiger partial charge in [0.05, 0.1) is 14.2 Å². The lowest BCUT2D eigenvalue weighted by Gasteiger charge is -2.22. The lowest BCUT2D eigenvalue weighted by molar-refractivity contribution is -0.133. The summed E-state index contributed by atoms with van der Waals surface area (Å²) in [7, 11) is 3.19. The van der Waals surface area contributed by atoms with Gasteiger partial charge in [-0.2, -0.15) is 0 Å². The van der Waals surface area contributed by atoms with Crippen LogP contribution in [0, 0.1) is 5.41 Å².